The molecule has 0 aromatic heterocycles. The van der Waals surface area contributed by atoms with Gasteiger partial charge in [0.2, 0.25) is 0 Å². The van der Waals surface area contributed by atoms with E-state index >= 15 is 0 Å². The van der Waals surface area contributed by atoms with Crippen LogP contribution in [0.3, 0.4) is 0 Å². The van der Waals surface area contributed by atoms with E-state index in [2.05, 4.69) is 4.90 Å². The van der Waals surface area contributed by atoms with Gasteiger partial charge >= 0.3 is 0 Å². The monoisotopic (exact) mass is 342 g/mol. The van der Waals surface area contributed by atoms with E-state index in [1.807, 2.05) is 13.8 Å². The first kappa shape index (κ1) is 17.3. The molecule has 3 rings (SSSR count). The number of benzene rings is 2. The lowest BCUT2D eigenvalue weighted by atomic mass is 9.93. The molecule has 0 bridgehead atoms. The van der Waals surface area contributed by atoms with Crippen LogP contribution in [0.2, 0.25) is 0 Å². The number of nitrogens with zero attached hydrogens (tertiary/aromatic N) is 3. The van der Waals surface area contributed by atoms with Crippen LogP contribution in [0.25, 0.3) is 10.8 Å². The Hall–Kier alpha value is -2.48. The van der Waals surface area contributed by atoms with Crippen LogP contribution in [0.15, 0.2) is 30.3 Å². The molecule has 0 radical (unpaired) electrons. The average Bonchev–Trinajstić information content (AvgIpc) is 2.62. The van der Waals surface area contributed by atoms with Crippen LogP contribution >= 0.6 is 0 Å². The fourth-order valence-corrected chi connectivity index (χ4v) is 3.24. The molecular formula is C18H20N3O4-. The summed E-state index contributed by atoms with van der Waals surface area (Å²) in [5.41, 5.74) is 0.664. The second-order valence-electron chi connectivity index (χ2n) is 5.96. The molecule has 1 aliphatic rings. The lowest BCUT2D eigenvalue weighted by Gasteiger charge is -2.30. The summed E-state index contributed by atoms with van der Waals surface area (Å²) < 4.78 is 0. The Labute approximate surface area is 145 Å². The van der Waals surface area contributed by atoms with Crippen molar-refractivity contribution in [1.29, 1.82) is 0 Å². The van der Waals surface area contributed by atoms with Crippen LogP contribution < -0.4 is 5.23 Å². The van der Waals surface area contributed by atoms with E-state index in [0.29, 0.717) is 22.9 Å². The zero-order valence-electron chi connectivity index (χ0n) is 14.2. The largest absolute Gasteiger partial charge is 0.733 e. The molecule has 7 heteroatoms. The van der Waals surface area contributed by atoms with Crippen molar-refractivity contribution in [3.63, 3.8) is 0 Å². The van der Waals surface area contributed by atoms with Gasteiger partial charge in [-0.05, 0) is 36.7 Å². The molecule has 0 aliphatic carbocycles. The van der Waals surface area contributed by atoms with Gasteiger partial charge < -0.3 is 15.3 Å². The number of anilines is 1. The third-order valence-electron chi connectivity index (χ3n) is 4.67. The molecule has 0 saturated heterocycles. The number of amides is 2. The Morgan fingerprint density at radius 1 is 1.08 bits per heavy atom. The van der Waals surface area contributed by atoms with Crippen LogP contribution in [-0.4, -0.2) is 53.0 Å². The summed E-state index contributed by atoms with van der Waals surface area (Å²) in [6.07, 6.45) is 0. The van der Waals surface area contributed by atoms with E-state index in [9.17, 15) is 20.0 Å². The summed E-state index contributed by atoms with van der Waals surface area (Å²) in [5.74, 6) is -0.768. The number of imide groups is 1. The third-order valence-corrected chi connectivity index (χ3v) is 4.67. The van der Waals surface area contributed by atoms with Crippen molar-refractivity contribution in [2.24, 2.45) is 0 Å². The molecule has 1 N–H and O–H groups in total. The SMILES string of the molecule is CCN(CC)CCN1C(=O)c2cccc3cc(N([O-])O)cc(c23)C1=O. The molecule has 132 valence electrons. The third kappa shape index (κ3) is 2.97. The molecule has 0 spiro atoms. The van der Waals surface area contributed by atoms with Gasteiger partial charge in [-0.1, -0.05) is 26.0 Å². The Balaban J connectivity index is 2.05. The van der Waals surface area contributed by atoms with Gasteiger partial charge in [0.15, 0.2) is 0 Å². The Morgan fingerprint density at radius 3 is 2.40 bits per heavy atom. The first-order valence-electron chi connectivity index (χ1n) is 8.29. The number of carbonyl (C=O) groups is 2. The van der Waals surface area contributed by atoms with Crippen molar-refractivity contribution < 1.29 is 14.8 Å². The highest BCUT2D eigenvalue weighted by atomic mass is 16.8. The lowest BCUT2D eigenvalue weighted by molar-refractivity contribution is 0.0594. The Morgan fingerprint density at radius 2 is 1.76 bits per heavy atom. The molecule has 25 heavy (non-hydrogen) atoms. The minimum absolute atomic E-state index is 0.0361. The van der Waals surface area contributed by atoms with Gasteiger partial charge in [-0.2, -0.15) is 0 Å². The predicted molar refractivity (Wildman–Crippen MR) is 94.7 cm³/mol. The molecule has 0 atom stereocenters. The van der Waals surface area contributed by atoms with Gasteiger partial charge in [-0.15, -0.1) is 0 Å². The molecule has 2 amide bonds. The number of hydrogen-bond donors (Lipinski definition) is 1. The van der Waals surface area contributed by atoms with Crippen molar-refractivity contribution in [2.75, 3.05) is 31.4 Å². The van der Waals surface area contributed by atoms with E-state index in [4.69, 9.17) is 0 Å². The molecule has 1 aliphatic heterocycles. The van der Waals surface area contributed by atoms with Gasteiger partial charge in [0.25, 0.3) is 11.8 Å². The van der Waals surface area contributed by atoms with Crippen LogP contribution in [-0.2, 0) is 0 Å². The minimum Gasteiger partial charge on any atom is -0.733 e. The summed E-state index contributed by atoms with van der Waals surface area (Å²) in [4.78, 5) is 29.0. The summed E-state index contributed by atoms with van der Waals surface area (Å²) in [6.45, 7) is 6.58. The van der Waals surface area contributed by atoms with Crippen LogP contribution in [0.4, 0.5) is 5.69 Å². The number of rotatable bonds is 6. The molecule has 0 unspecified atom stereocenters. The van der Waals surface area contributed by atoms with E-state index in [1.54, 1.807) is 18.2 Å². The fourth-order valence-electron chi connectivity index (χ4n) is 3.24. The molecule has 2 aromatic rings. The fraction of sp³-hybridized carbons (Fsp3) is 0.333. The second kappa shape index (κ2) is 6.79. The van der Waals surface area contributed by atoms with Gasteiger partial charge in [-0.3, -0.25) is 19.7 Å². The summed E-state index contributed by atoms with van der Waals surface area (Å²) in [7, 11) is 0. The first-order chi connectivity index (χ1) is 12.0. The van der Waals surface area contributed by atoms with Crippen LogP contribution in [0.5, 0.6) is 0 Å². The zero-order valence-corrected chi connectivity index (χ0v) is 14.2. The van der Waals surface area contributed by atoms with Gasteiger partial charge in [-0.25, -0.2) is 0 Å². The standard InChI is InChI=1S/C18H20N3O4/c1-3-19(4-2)8-9-20-17(22)14-7-5-6-12-10-13(21(24)25)11-15(16(12)14)18(20)23/h5-7,10-11,24H,3-4,8-9H2,1-2H3/q-1. The minimum atomic E-state index is -0.440. The lowest BCUT2D eigenvalue weighted by Crippen LogP contribution is -2.44. The van der Waals surface area contributed by atoms with Crippen molar-refractivity contribution >= 4 is 28.3 Å². The number of carbonyl (C=O) groups excluding carboxylic acids is 2. The highest BCUT2D eigenvalue weighted by molar-refractivity contribution is 6.25. The van der Waals surface area contributed by atoms with Crippen molar-refractivity contribution in [1.82, 2.24) is 9.80 Å². The van der Waals surface area contributed by atoms with E-state index in [0.717, 1.165) is 13.1 Å². The van der Waals surface area contributed by atoms with E-state index in [1.165, 1.54) is 17.0 Å². The molecule has 0 saturated carbocycles. The summed E-state index contributed by atoms with van der Waals surface area (Å²) in [6, 6.07) is 7.88. The zero-order chi connectivity index (χ0) is 18.1. The topological polar surface area (TPSA) is 87.2 Å². The van der Waals surface area contributed by atoms with Crippen molar-refractivity contribution in [3.05, 3.63) is 46.7 Å². The number of hydrogen-bond acceptors (Lipinski definition) is 6. The maximum atomic E-state index is 12.9. The Bertz CT molecular complexity index is 830. The Kier molecular flexibility index (Phi) is 4.71. The highest BCUT2D eigenvalue weighted by Crippen LogP contribution is 2.33. The summed E-state index contributed by atoms with van der Waals surface area (Å²) in [5, 5.41) is 21.3. The highest BCUT2D eigenvalue weighted by Gasteiger charge is 2.33. The van der Waals surface area contributed by atoms with E-state index in [-0.39, 0.29) is 28.9 Å². The van der Waals surface area contributed by atoms with Crippen LogP contribution in [0, 0.1) is 5.21 Å². The van der Waals surface area contributed by atoms with Gasteiger partial charge in [0.1, 0.15) is 0 Å². The van der Waals surface area contributed by atoms with Crippen molar-refractivity contribution in [2.45, 2.75) is 13.8 Å². The normalized spacial score (nSPS) is 13.9. The summed E-state index contributed by atoms with van der Waals surface area (Å²) >= 11 is 0. The molecular weight excluding hydrogens is 322 g/mol. The quantitative estimate of drug-likeness (QED) is 0.641. The van der Waals surface area contributed by atoms with Crippen molar-refractivity contribution in [3.8, 4) is 0 Å². The van der Waals surface area contributed by atoms with E-state index < -0.39 is 5.91 Å². The average molecular weight is 342 g/mol. The first-order valence-corrected chi connectivity index (χ1v) is 8.29. The molecule has 7 nitrogen and oxygen atoms in total. The van der Waals surface area contributed by atoms with Gasteiger partial charge in [0.05, 0.1) is 11.3 Å². The maximum absolute atomic E-state index is 12.9. The molecule has 1 heterocycles. The predicted octanol–water partition coefficient (Wildman–Crippen LogP) is 2.47. The van der Waals surface area contributed by atoms with Crippen LogP contribution in [0.1, 0.15) is 34.6 Å². The smallest absolute Gasteiger partial charge is 0.261 e. The number of likely N-dealkylation sites (N-methyl/N-ethyl adjacent to an activating group) is 1. The van der Waals surface area contributed by atoms with Gasteiger partial charge in [0, 0.05) is 24.0 Å². The second-order valence-corrected chi connectivity index (χ2v) is 5.96. The maximum Gasteiger partial charge on any atom is 0.261 e. The molecule has 0 fully saturated rings. The molecule has 2 aromatic carbocycles.